The standard InChI is InChI=1S/C32H60O4Si/c1-9-17-21-29(13-5)25-33-37(34-26-30(14-6)22-18-10-2,35-27-31(15-7)23-19-11-3)36-28-32(16-8)24-20-12-4/h25-28H,9-24H2,1-8H3. The van der Waals surface area contributed by atoms with Crippen molar-refractivity contribution in [3.8, 4) is 0 Å². The Labute approximate surface area is 232 Å². The molecule has 0 aromatic rings. The molecule has 0 aromatic heterocycles. The van der Waals surface area contributed by atoms with Crippen LogP contribution in [0.5, 0.6) is 0 Å². The van der Waals surface area contributed by atoms with Gasteiger partial charge < -0.3 is 17.7 Å². The molecule has 0 fully saturated rings. The fourth-order valence-corrected chi connectivity index (χ4v) is 5.26. The molecule has 0 N–H and O–H groups in total. The molecule has 0 unspecified atom stereocenters. The zero-order valence-electron chi connectivity index (χ0n) is 25.8. The van der Waals surface area contributed by atoms with E-state index in [2.05, 4.69) is 55.4 Å². The SMILES string of the molecule is CCCCC(=CO[Si](OC=C(CC)CCCC)(OC=C(CC)CCCC)OC=C(CC)CCCC)CC. The van der Waals surface area contributed by atoms with E-state index in [9.17, 15) is 0 Å². The van der Waals surface area contributed by atoms with Crippen molar-refractivity contribution in [1.82, 2.24) is 0 Å². The molecule has 216 valence electrons. The minimum absolute atomic E-state index is 0.941. The van der Waals surface area contributed by atoms with Crippen molar-refractivity contribution in [3.63, 3.8) is 0 Å². The van der Waals surface area contributed by atoms with Gasteiger partial charge in [-0.1, -0.05) is 81.1 Å². The molecule has 0 amide bonds. The van der Waals surface area contributed by atoms with E-state index in [1.807, 2.05) is 25.0 Å². The van der Waals surface area contributed by atoms with E-state index in [1.54, 1.807) is 0 Å². The molecule has 0 rings (SSSR count). The van der Waals surface area contributed by atoms with Gasteiger partial charge in [-0.05, 0) is 99.3 Å². The van der Waals surface area contributed by atoms with E-state index < -0.39 is 9.05 Å². The molecule has 0 aliphatic carbocycles. The zero-order valence-corrected chi connectivity index (χ0v) is 26.8. The number of hydrogen-bond donors (Lipinski definition) is 0. The molecule has 0 saturated heterocycles. The molecule has 4 nitrogen and oxygen atoms in total. The average Bonchev–Trinajstić information content (AvgIpc) is 2.93. The van der Waals surface area contributed by atoms with Crippen LogP contribution in [0.25, 0.3) is 0 Å². The van der Waals surface area contributed by atoms with Crippen molar-refractivity contribution < 1.29 is 17.7 Å². The highest BCUT2D eigenvalue weighted by Gasteiger charge is 2.55. The van der Waals surface area contributed by atoms with Crippen molar-refractivity contribution in [1.29, 1.82) is 0 Å². The Hall–Kier alpha value is -1.62. The van der Waals surface area contributed by atoms with E-state index in [-0.39, 0.29) is 0 Å². The smallest absolute Gasteiger partial charge is 0.459 e. The Bertz CT molecular complexity index is 561. The summed E-state index contributed by atoms with van der Waals surface area (Å²) in [7, 11) is -3.57. The quantitative estimate of drug-likeness (QED) is 0.0907. The number of hydrogen-bond acceptors (Lipinski definition) is 4. The molecule has 5 heteroatoms. The summed E-state index contributed by atoms with van der Waals surface area (Å²) in [5.41, 5.74) is 5.04. The van der Waals surface area contributed by atoms with E-state index in [0.717, 1.165) is 103 Å². The summed E-state index contributed by atoms with van der Waals surface area (Å²) < 4.78 is 25.8. The van der Waals surface area contributed by atoms with Gasteiger partial charge in [-0.3, -0.25) is 0 Å². The summed E-state index contributed by atoms with van der Waals surface area (Å²) in [4.78, 5) is 0. The molecule has 0 saturated carbocycles. The van der Waals surface area contributed by atoms with Crippen molar-refractivity contribution in [2.75, 3.05) is 0 Å². The normalized spacial score (nSPS) is 14.9. The minimum Gasteiger partial charge on any atom is -0.459 e. The van der Waals surface area contributed by atoms with Crippen LogP contribution in [0.3, 0.4) is 0 Å². The third-order valence-electron chi connectivity index (χ3n) is 6.70. The highest BCUT2D eigenvalue weighted by atomic mass is 28.4. The Balaban J connectivity index is 6.40. The van der Waals surface area contributed by atoms with Gasteiger partial charge in [0, 0.05) is 0 Å². The summed E-state index contributed by atoms with van der Waals surface area (Å²) in [6, 6.07) is 0. The van der Waals surface area contributed by atoms with E-state index in [4.69, 9.17) is 17.7 Å². The molecular formula is C32H60O4Si. The lowest BCUT2D eigenvalue weighted by Crippen LogP contribution is -2.44. The summed E-state index contributed by atoms with van der Waals surface area (Å²) >= 11 is 0. The first-order valence-electron chi connectivity index (χ1n) is 15.4. The van der Waals surface area contributed by atoms with Gasteiger partial charge in [-0.15, -0.1) is 0 Å². The fourth-order valence-electron chi connectivity index (χ4n) is 3.68. The highest BCUT2D eigenvalue weighted by Crippen LogP contribution is 2.24. The van der Waals surface area contributed by atoms with Crippen molar-refractivity contribution in [2.45, 2.75) is 158 Å². The molecule has 37 heavy (non-hydrogen) atoms. The van der Waals surface area contributed by atoms with Crippen LogP contribution >= 0.6 is 0 Å². The van der Waals surface area contributed by atoms with Gasteiger partial charge in [-0.2, -0.15) is 0 Å². The molecule has 0 atom stereocenters. The molecule has 0 spiro atoms. The Morgan fingerprint density at radius 1 is 0.405 bits per heavy atom. The van der Waals surface area contributed by atoms with Gasteiger partial charge in [0.25, 0.3) is 0 Å². The summed E-state index contributed by atoms with van der Waals surface area (Å²) in [6.07, 6.45) is 24.5. The minimum atomic E-state index is -3.57. The molecular weight excluding hydrogens is 476 g/mol. The maximum absolute atomic E-state index is 6.45. The summed E-state index contributed by atoms with van der Waals surface area (Å²) in [5, 5.41) is 0. The first-order chi connectivity index (χ1) is 18.0. The maximum Gasteiger partial charge on any atom is 0.965 e. The fraction of sp³-hybridized carbons (Fsp3) is 0.750. The molecule has 0 bridgehead atoms. The van der Waals surface area contributed by atoms with Crippen LogP contribution < -0.4 is 0 Å². The second-order valence-electron chi connectivity index (χ2n) is 9.90. The van der Waals surface area contributed by atoms with Gasteiger partial charge in [0.2, 0.25) is 0 Å². The van der Waals surface area contributed by atoms with Crippen molar-refractivity contribution in [2.24, 2.45) is 0 Å². The van der Waals surface area contributed by atoms with Crippen LogP contribution in [0.15, 0.2) is 47.3 Å². The van der Waals surface area contributed by atoms with E-state index in [1.165, 1.54) is 22.3 Å². The maximum atomic E-state index is 6.45. The lowest BCUT2D eigenvalue weighted by Gasteiger charge is -2.25. The lowest BCUT2D eigenvalue weighted by molar-refractivity contribution is 0.0736. The van der Waals surface area contributed by atoms with Gasteiger partial charge in [0.1, 0.15) is 0 Å². The molecule has 0 aromatic carbocycles. The van der Waals surface area contributed by atoms with Crippen LogP contribution in [0, 0.1) is 0 Å². The second kappa shape index (κ2) is 23.5. The largest absolute Gasteiger partial charge is 0.965 e. The number of rotatable bonds is 24. The van der Waals surface area contributed by atoms with Crippen LogP contribution in [0.4, 0.5) is 0 Å². The second-order valence-corrected chi connectivity index (χ2v) is 11.8. The molecule has 0 aliphatic heterocycles. The Morgan fingerprint density at radius 2 is 0.622 bits per heavy atom. The number of allylic oxidation sites excluding steroid dienone is 4. The van der Waals surface area contributed by atoms with Crippen LogP contribution in [0.1, 0.15) is 158 Å². The molecule has 0 aliphatic rings. The van der Waals surface area contributed by atoms with Crippen LogP contribution in [0.2, 0.25) is 0 Å². The van der Waals surface area contributed by atoms with E-state index >= 15 is 0 Å². The Kier molecular flexibility index (Phi) is 22.5. The van der Waals surface area contributed by atoms with Crippen LogP contribution in [-0.2, 0) is 17.7 Å². The van der Waals surface area contributed by atoms with Gasteiger partial charge >= 0.3 is 9.05 Å². The Morgan fingerprint density at radius 3 is 0.784 bits per heavy atom. The van der Waals surface area contributed by atoms with Gasteiger partial charge in [-0.25, -0.2) is 0 Å². The zero-order chi connectivity index (χ0) is 27.8. The average molecular weight is 537 g/mol. The third-order valence-corrected chi connectivity index (χ3v) is 8.33. The van der Waals surface area contributed by atoms with Crippen molar-refractivity contribution >= 4 is 9.05 Å². The summed E-state index contributed by atoms with van der Waals surface area (Å²) in [6.45, 7) is 17.6. The monoisotopic (exact) mass is 536 g/mol. The predicted octanol–water partition coefficient (Wildman–Crippen LogP) is 11.4. The third kappa shape index (κ3) is 16.8. The van der Waals surface area contributed by atoms with E-state index in [0.29, 0.717) is 0 Å². The predicted molar refractivity (Wildman–Crippen MR) is 162 cm³/mol. The summed E-state index contributed by atoms with van der Waals surface area (Å²) in [5.74, 6) is 0. The first-order valence-corrected chi connectivity index (χ1v) is 17.0. The first kappa shape index (κ1) is 35.4. The van der Waals surface area contributed by atoms with Crippen LogP contribution in [-0.4, -0.2) is 9.05 Å². The van der Waals surface area contributed by atoms with Gasteiger partial charge in [0.15, 0.2) is 0 Å². The van der Waals surface area contributed by atoms with Gasteiger partial charge in [0.05, 0.1) is 25.0 Å². The highest BCUT2D eigenvalue weighted by molar-refractivity contribution is 6.54. The lowest BCUT2D eigenvalue weighted by atomic mass is 10.1. The molecule has 0 heterocycles. The van der Waals surface area contributed by atoms with Crippen molar-refractivity contribution in [3.05, 3.63) is 47.3 Å². The number of unbranched alkanes of at least 4 members (excludes halogenated alkanes) is 4. The molecule has 0 radical (unpaired) electrons. The topological polar surface area (TPSA) is 36.9 Å².